The van der Waals surface area contributed by atoms with Gasteiger partial charge in [0.05, 0.1) is 0 Å². The van der Waals surface area contributed by atoms with E-state index in [0.717, 1.165) is 27.8 Å². The summed E-state index contributed by atoms with van der Waals surface area (Å²) in [5.74, 6) is 1.09. The molecule has 0 amide bonds. The highest BCUT2D eigenvalue weighted by molar-refractivity contribution is 5.68. The van der Waals surface area contributed by atoms with Gasteiger partial charge in [0.25, 0.3) is 5.89 Å². The number of nitrogens with two attached hydrogens (primary N) is 1. The molecular weight excluding hydrogens is 262 g/mol. The molecule has 0 fully saturated rings. The van der Waals surface area contributed by atoms with Crippen LogP contribution in [0.3, 0.4) is 0 Å². The summed E-state index contributed by atoms with van der Waals surface area (Å²) in [6.45, 7) is 6.09. The molecule has 3 aromatic rings. The molecule has 0 unspecified atom stereocenters. The third-order valence-corrected chi connectivity index (χ3v) is 3.62. The van der Waals surface area contributed by atoms with Gasteiger partial charge in [0.2, 0.25) is 5.82 Å². The summed E-state index contributed by atoms with van der Waals surface area (Å²) in [5, 5.41) is 4.08. The molecule has 0 saturated heterocycles. The molecular formula is C17H17N3O. The molecule has 0 radical (unpaired) electrons. The maximum absolute atomic E-state index is 5.91. The van der Waals surface area contributed by atoms with Crippen LogP contribution in [0.5, 0.6) is 0 Å². The summed E-state index contributed by atoms with van der Waals surface area (Å²) in [4.78, 5) is 4.50. The second-order valence-corrected chi connectivity index (χ2v) is 5.30. The Kier molecular flexibility index (Phi) is 3.22. The van der Waals surface area contributed by atoms with Gasteiger partial charge in [-0.05, 0) is 50.1 Å². The van der Waals surface area contributed by atoms with Crippen LogP contribution in [-0.4, -0.2) is 10.1 Å². The monoisotopic (exact) mass is 279 g/mol. The number of rotatable bonds is 2. The molecule has 0 spiro atoms. The number of anilines is 1. The van der Waals surface area contributed by atoms with E-state index in [4.69, 9.17) is 10.3 Å². The molecule has 1 aromatic heterocycles. The van der Waals surface area contributed by atoms with Crippen molar-refractivity contribution in [2.24, 2.45) is 0 Å². The smallest absolute Gasteiger partial charge is 0.258 e. The van der Waals surface area contributed by atoms with E-state index in [-0.39, 0.29) is 0 Å². The summed E-state index contributed by atoms with van der Waals surface area (Å²) in [6.07, 6.45) is 0. The van der Waals surface area contributed by atoms with E-state index >= 15 is 0 Å². The molecule has 2 N–H and O–H groups in total. The van der Waals surface area contributed by atoms with E-state index < -0.39 is 0 Å². The fourth-order valence-electron chi connectivity index (χ4n) is 2.34. The topological polar surface area (TPSA) is 64.9 Å². The molecule has 0 aliphatic heterocycles. The van der Waals surface area contributed by atoms with Crippen molar-refractivity contribution < 1.29 is 4.52 Å². The van der Waals surface area contributed by atoms with Gasteiger partial charge >= 0.3 is 0 Å². The molecule has 0 aliphatic rings. The Morgan fingerprint density at radius 1 is 1.05 bits per heavy atom. The first-order valence-electron chi connectivity index (χ1n) is 6.82. The predicted molar refractivity (Wildman–Crippen MR) is 83.8 cm³/mol. The zero-order valence-electron chi connectivity index (χ0n) is 12.3. The Balaban J connectivity index is 2.07. The van der Waals surface area contributed by atoms with Crippen LogP contribution in [0.25, 0.3) is 22.8 Å². The lowest BCUT2D eigenvalue weighted by molar-refractivity contribution is 0.432. The van der Waals surface area contributed by atoms with Gasteiger partial charge < -0.3 is 10.3 Å². The van der Waals surface area contributed by atoms with Gasteiger partial charge in [-0.25, -0.2) is 0 Å². The third kappa shape index (κ3) is 2.52. The van der Waals surface area contributed by atoms with Crippen LogP contribution >= 0.6 is 0 Å². The van der Waals surface area contributed by atoms with Crippen molar-refractivity contribution in [1.82, 2.24) is 10.1 Å². The molecule has 0 aliphatic carbocycles. The fourth-order valence-corrected chi connectivity index (χ4v) is 2.34. The first-order chi connectivity index (χ1) is 10.0. The summed E-state index contributed by atoms with van der Waals surface area (Å²) >= 11 is 0. The van der Waals surface area contributed by atoms with Crippen molar-refractivity contribution in [2.75, 3.05) is 5.73 Å². The molecule has 4 heteroatoms. The Hall–Kier alpha value is -2.62. The highest BCUT2D eigenvalue weighted by atomic mass is 16.5. The number of aryl methyl sites for hydroxylation is 2. The molecule has 1 heterocycles. The molecule has 3 rings (SSSR count). The predicted octanol–water partition coefficient (Wildman–Crippen LogP) is 3.91. The van der Waals surface area contributed by atoms with Crippen molar-refractivity contribution in [3.63, 3.8) is 0 Å². The van der Waals surface area contributed by atoms with E-state index in [1.807, 2.05) is 57.2 Å². The van der Waals surface area contributed by atoms with Crippen LogP contribution in [0.1, 0.15) is 16.7 Å². The van der Waals surface area contributed by atoms with Gasteiger partial charge in [0.1, 0.15) is 0 Å². The lowest BCUT2D eigenvalue weighted by Crippen LogP contribution is -1.93. The van der Waals surface area contributed by atoms with Gasteiger partial charge in [0, 0.05) is 16.8 Å². The lowest BCUT2D eigenvalue weighted by Gasteiger charge is -2.06. The second-order valence-electron chi connectivity index (χ2n) is 5.30. The maximum Gasteiger partial charge on any atom is 0.258 e. The molecule has 4 nitrogen and oxygen atoms in total. The quantitative estimate of drug-likeness (QED) is 0.722. The van der Waals surface area contributed by atoms with Crippen molar-refractivity contribution >= 4 is 5.69 Å². The van der Waals surface area contributed by atoms with E-state index in [9.17, 15) is 0 Å². The van der Waals surface area contributed by atoms with Crippen molar-refractivity contribution in [2.45, 2.75) is 20.8 Å². The number of nitrogen functional groups attached to an aromatic ring is 1. The summed E-state index contributed by atoms with van der Waals surface area (Å²) in [7, 11) is 0. The Bertz CT molecular complexity index is 806. The van der Waals surface area contributed by atoms with Crippen LogP contribution in [0.2, 0.25) is 0 Å². The van der Waals surface area contributed by atoms with Gasteiger partial charge in [-0.1, -0.05) is 28.9 Å². The summed E-state index contributed by atoms with van der Waals surface area (Å²) in [5.41, 5.74) is 11.8. The van der Waals surface area contributed by atoms with Gasteiger partial charge in [-0.15, -0.1) is 0 Å². The van der Waals surface area contributed by atoms with E-state index in [0.29, 0.717) is 17.4 Å². The highest BCUT2D eigenvalue weighted by Crippen LogP contribution is 2.28. The third-order valence-electron chi connectivity index (χ3n) is 3.62. The minimum Gasteiger partial charge on any atom is -0.399 e. The molecule has 0 atom stereocenters. The van der Waals surface area contributed by atoms with Crippen LogP contribution in [0.4, 0.5) is 5.69 Å². The van der Waals surface area contributed by atoms with E-state index in [1.165, 1.54) is 0 Å². The zero-order chi connectivity index (χ0) is 15.0. The number of hydrogen-bond acceptors (Lipinski definition) is 4. The Morgan fingerprint density at radius 2 is 1.86 bits per heavy atom. The minimum atomic E-state index is 0.499. The van der Waals surface area contributed by atoms with E-state index in [2.05, 4.69) is 10.1 Å². The van der Waals surface area contributed by atoms with Gasteiger partial charge in [-0.2, -0.15) is 4.98 Å². The average molecular weight is 279 g/mol. The number of aromatic nitrogens is 2. The van der Waals surface area contributed by atoms with Gasteiger partial charge in [0.15, 0.2) is 0 Å². The molecule has 0 saturated carbocycles. The largest absolute Gasteiger partial charge is 0.399 e. The SMILES string of the molecule is Cc1cccc(-c2noc(-c3cc(N)cc(C)c3C)n2)c1. The normalized spacial score (nSPS) is 10.8. The van der Waals surface area contributed by atoms with Crippen molar-refractivity contribution in [3.05, 3.63) is 53.1 Å². The first kappa shape index (κ1) is 13.4. The van der Waals surface area contributed by atoms with Crippen LogP contribution in [0.15, 0.2) is 40.9 Å². The molecule has 2 aromatic carbocycles. The number of nitrogens with zero attached hydrogens (tertiary/aromatic N) is 2. The first-order valence-corrected chi connectivity index (χ1v) is 6.82. The summed E-state index contributed by atoms with van der Waals surface area (Å²) in [6, 6.07) is 11.8. The van der Waals surface area contributed by atoms with E-state index in [1.54, 1.807) is 0 Å². The number of benzene rings is 2. The van der Waals surface area contributed by atoms with Crippen LogP contribution in [0, 0.1) is 20.8 Å². The van der Waals surface area contributed by atoms with Crippen LogP contribution < -0.4 is 5.73 Å². The molecule has 21 heavy (non-hydrogen) atoms. The Morgan fingerprint density at radius 3 is 2.62 bits per heavy atom. The zero-order valence-corrected chi connectivity index (χ0v) is 12.3. The van der Waals surface area contributed by atoms with Gasteiger partial charge in [-0.3, -0.25) is 0 Å². The van der Waals surface area contributed by atoms with Crippen molar-refractivity contribution in [1.29, 1.82) is 0 Å². The summed E-state index contributed by atoms with van der Waals surface area (Å²) < 4.78 is 5.42. The minimum absolute atomic E-state index is 0.499. The second kappa shape index (κ2) is 5.05. The number of hydrogen-bond donors (Lipinski definition) is 1. The molecule has 0 bridgehead atoms. The van der Waals surface area contributed by atoms with Crippen molar-refractivity contribution in [3.8, 4) is 22.8 Å². The average Bonchev–Trinajstić information content (AvgIpc) is 2.92. The molecule has 106 valence electrons. The Labute approximate surface area is 123 Å². The maximum atomic E-state index is 5.91. The standard InChI is InChI=1S/C17H17N3O/c1-10-5-4-6-13(7-10)16-19-17(21-20-16)15-9-14(18)8-11(2)12(15)3/h4-9H,18H2,1-3H3. The fraction of sp³-hybridized carbons (Fsp3) is 0.176. The highest BCUT2D eigenvalue weighted by Gasteiger charge is 2.14. The van der Waals surface area contributed by atoms with Crippen LogP contribution in [-0.2, 0) is 0 Å². The lowest BCUT2D eigenvalue weighted by atomic mass is 10.0.